The zero-order chi connectivity index (χ0) is 15.4. The fourth-order valence-electron chi connectivity index (χ4n) is 3.28. The van der Waals surface area contributed by atoms with Crippen molar-refractivity contribution in [1.29, 1.82) is 0 Å². The molecule has 0 bridgehead atoms. The predicted molar refractivity (Wildman–Crippen MR) is 87.1 cm³/mol. The summed E-state index contributed by atoms with van der Waals surface area (Å²) in [7, 11) is 0. The van der Waals surface area contributed by atoms with Gasteiger partial charge in [0.05, 0.1) is 13.2 Å². The number of allylic oxidation sites excluding steroid dienone is 1. The zero-order valence-electron chi connectivity index (χ0n) is 12.7. The molecule has 3 rings (SSSR count). The maximum Gasteiger partial charge on any atom is 0.123 e. The quantitative estimate of drug-likeness (QED) is 0.698. The van der Waals surface area contributed by atoms with Crippen LogP contribution in [0.2, 0.25) is 0 Å². The van der Waals surface area contributed by atoms with E-state index in [2.05, 4.69) is 18.7 Å². The van der Waals surface area contributed by atoms with E-state index in [1.54, 1.807) is 12.1 Å². The monoisotopic (exact) mass is 296 g/mol. The number of benzene rings is 2. The summed E-state index contributed by atoms with van der Waals surface area (Å²) in [5, 5.41) is 0. The molecule has 0 saturated heterocycles. The number of rotatable bonds is 5. The summed E-state index contributed by atoms with van der Waals surface area (Å²) in [6, 6.07) is 17.1. The second-order valence-corrected chi connectivity index (χ2v) is 6.08. The number of ether oxygens (including phenoxy) is 1. The highest BCUT2D eigenvalue weighted by atomic mass is 19.1. The van der Waals surface area contributed by atoms with Crippen molar-refractivity contribution in [3.63, 3.8) is 0 Å². The Balaban J connectivity index is 1.62. The molecule has 0 amide bonds. The standard InChI is InChI=1S/C20H21FO/c1-15-10-18(14-22-13-16-6-3-2-4-7-16)20(11-15)17-8-5-9-19(21)12-17/h2-9,12,18,20H,1,10-11,13-14H2/t18-,20-/m1/s1. The third kappa shape index (κ3) is 3.63. The summed E-state index contributed by atoms with van der Waals surface area (Å²) in [5.41, 5.74) is 3.48. The Hall–Kier alpha value is -1.93. The summed E-state index contributed by atoms with van der Waals surface area (Å²) in [4.78, 5) is 0. The molecular formula is C20H21FO. The molecule has 2 aromatic carbocycles. The smallest absolute Gasteiger partial charge is 0.123 e. The van der Waals surface area contributed by atoms with Crippen LogP contribution in [0.3, 0.4) is 0 Å². The molecule has 0 N–H and O–H groups in total. The minimum atomic E-state index is -0.168. The molecule has 1 aliphatic rings. The Bertz CT molecular complexity index is 635. The number of hydrogen-bond acceptors (Lipinski definition) is 1. The highest BCUT2D eigenvalue weighted by molar-refractivity contribution is 5.27. The highest BCUT2D eigenvalue weighted by Crippen LogP contribution is 2.42. The predicted octanol–water partition coefficient (Wildman–Crippen LogP) is 5.09. The van der Waals surface area contributed by atoms with Crippen molar-refractivity contribution in [2.45, 2.75) is 25.4 Å². The first-order chi connectivity index (χ1) is 10.7. The first kappa shape index (κ1) is 15.0. The van der Waals surface area contributed by atoms with Gasteiger partial charge in [-0.25, -0.2) is 4.39 Å². The van der Waals surface area contributed by atoms with Crippen LogP contribution in [0.4, 0.5) is 4.39 Å². The minimum Gasteiger partial charge on any atom is -0.376 e. The van der Waals surface area contributed by atoms with Gasteiger partial charge in [0.2, 0.25) is 0 Å². The lowest BCUT2D eigenvalue weighted by molar-refractivity contribution is 0.0842. The van der Waals surface area contributed by atoms with Gasteiger partial charge in [-0.3, -0.25) is 0 Å². The summed E-state index contributed by atoms with van der Waals surface area (Å²) < 4.78 is 19.4. The van der Waals surface area contributed by atoms with Crippen molar-refractivity contribution in [3.8, 4) is 0 Å². The van der Waals surface area contributed by atoms with E-state index in [0.29, 0.717) is 25.0 Å². The van der Waals surface area contributed by atoms with Crippen LogP contribution < -0.4 is 0 Å². The van der Waals surface area contributed by atoms with Crippen LogP contribution in [0.5, 0.6) is 0 Å². The van der Waals surface area contributed by atoms with Gasteiger partial charge in [0.25, 0.3) is 0 Å². The molecule has 0 spiro atoms. The normalized spacial score (nSPS) is 21.2. The fraction of sp³-hybridized carbons (Fsp3) is 0.300. The number of halogens is 1. The average molecular weight is 296 g/mol. The molecule has 1 aliphatic carbocycles. The molecule has 0 aliphatic heterocycles. The molecule has 2 heteroatoms. The summed E-state index contributed by atoms with van der Waals surface area (Å²) >= 11 is 0. The van der Waals surface area contributed by atoms with E-state index in [-0.39, 0.29) is 5.82 Å². The van der Waals surface area contributed by atoms with E-state index >= 15 is 0 Å². The topological polar surface area (TPSA) is 9.23 Å². The van der Waals surface area contributed by atoms with E-state index < -0.39 is 0 Å². The van der Waals surface area contributed by atoms with Crippen molar-refractivity contribution in [2.75, 3.05) is 6.61 Å². The lowest BCUT2D eigenvalue weighted by Gasteiger charge is -2.19. The van der Waals surface area contributed by atoms with E-state index in [4.69, 9.17) is 4.74 Å². The fourth-order valence-corrected chi connectivity index (χ4v) is 3.28. The van der Waals surface area contributed by atoms with Gasteiger partial charge in [-0.1, -0.05) is 54.6 Å². The largest absolute Gasteiger partial charge is 0.376 e. The zero-order valence-corrected chi connectivity index (χ0v) is 12.7. The maximum atomic E-state index is 13.5. The summed E-state index contributed by atoms with van der Waals surface area (Å²) in [6.07, 6.45) is 1.90. The Kier molecular flexibility index (Phi) is 4.69. The maximum absolute atomic E-state index is 13.5. The van der Waals surface area contributed by atoms with Gasteiger partial charge in [0.1, 0.15) is 5.82 Å². The van der Waals surface area contributed by atoms with Gasteiger partial charge >= 0.3 is 0 Å². The molecule has 2 atom stereocenters. The van der Waals surface area contributed by atoms with Crippen molar-refractivity contribution >= 4 is 0 Å². The Morgan fingerprint density at radius 3 is 2.64 bits per heavy atom. The second-order valence-electron chi connectivity index (χ2n) is 6.08. The van der Waals surface area contributed by atoms with Crippen LogP contribution in [0, 0.1) is 11.7 Å². The molecule has 0 radical (unpaired) electrons. The first-order valence-electron chi connectivity index (χ1n) is 7.76. The van der Waals surface area contributed by atoms with E-state index in [1.807, 2.05) is 24.3 Å². The van der Waals surface area contributed by atoms with E-state index in [0.717, 1.165) is 18.4 Å². The van der Waals surface area contributed by atoms with E-state index in [9.17, 15) is 4.39 Å². The van der Waals surface area contributed by atoms with Gasteiger partial charge < -0.3 is 4.74 Å². The second kappa shape index (κ2) is 6.89. The average Bonchev–Trinajstić information content (AvgIpc) is 2.89. The molecule has 1 saturated carbocycles. The van der Waals surface area contributed by atoms with Crippen LogP contribution in [0.25, 0.3) is 0 Å². The van der Waals surface area contributed by atoms with Crippen LogP contribution in [-0.4, -0.2) is 6.61 Å². The third-order valence-electron chi connectivity index (χ3n) is 4.35. The summed E-state index contributed by atoms with van der Waals surface area (Å²) in [5.74, 6) is 0.538. The third-order valence-corrected chi connectivity index (χ3v) is 4.35. The first-order valence-corrected chi connectivity index (χ1v) is 7.76. The SMILES string of the molecule is C=C1C[C@H](COCc2ccccc2)[C@@H](c2cccc(F)c2)C1. The van der Waals surface area contributed by atoms with Crippen molar-refractivity contribution in [3.05, 3.63) is 83.7 Å². The van der Waals surface area contributed by atoms with Crippen molar-refractivity contribution < 1.29 is 9.13 Å². The van der Waals surface area contributed by atoms with Crippen LogP contribution >= 0.6 is 0 Å². The molecular weight excluding hydrogens is 275 g/mol. The molecule has 0 aromatic heterocycles. The highest BCUT2D eigenvalue weighted by Gasteiger charge is 2.31. The summed E-state index contributed by atoms with van der Waals surface area (Å²) in [6.45, 7) is 5.43. The van der Waals surface area contributed by atoms with Gasteiger partial charge in [0.15, 0.2) is 0 Å². The molecule has 1 fully saturated rings. The molecule has 114 valence electrons. The Morgan fingerprint density at radius 1 is 1.05 bits per heavy atom. The molecule has 22 heavy (non-hydrogen) atoms. The van der Waals surface area contributed by atoms with E-state index in [1.165, 1.54) is 17.2 Å². The van der Waals surface area contributed by atoms with Gasteiger partial charge in [-0.05, 0) is 47.9 Å². The Morgan fingerprint density at radius 2 is 1.86 bits per heavy atom. The van der Waals surface area contributed by atoms with Gasteiger partial charge in [0, 0.05) is 0 Å². The van der Waals surface area contributed by atoms with Crippen LogP contribution in [0.1, 0.15) is 29.9 Å². The molecule has 0 unspecified atom stereocenters. The minimum absolute atomic E-state index is 0.168. The van der Waals surface area contributed by atoms with Crippen molar-refractivity contribution in [2.24, 2.45) is 5.92 Å². The van der Waals surface area contributed by atoms with Gasteiger partial charge in [-0.15, -0.1) is 0 Å². The van der Waals surface area contributed by atoms with Crippen LogP contribution in [0.15, 0.2) is 66.7 Å². The van der Waals surface area contributed by atoms with Gasteiger partial charge in [-0.2, -0.15) is 0 Å². The molecule has 1 nitrogen and oxygen atoms in total. The molecule has 2 aromatic rings. The van der Waals surface area contributed by atoms with Crippen molar-refractivity contribution in [1.82, 2.24) is 0 Å². The number of hydrogen-bond donors (Lipinski definition) is 0. The van der Waals surface area contributed by atoms with Crippen LogP contribution in [-0.2, 0) is 11.3 Å². The lowest BCUT2D eigenvalue weighted by Crippen LogP contribution is -2.13. The molecule has 0 heterocycles. The lowest BCUT2D eigenvalue weighted by atomic mass is 9.89. The Labute approximate surface area is 131 Å².